The molecule has 0 amide bonds. The summed E-state index contributed by atoms with van der Waals surface area (Å²) in [6.45, 7) is 3.46. The second kappa shape index (κ2) is 5.01. The molecule has 1 fully saturated rings. The van der Waals surface area contributed by atoms with Crippen molar-refractivity contribution in [3.05, 3.63) is 24.4 Å². The van der Waals surface area contributed by atoms with Crippen LogP contribution in [0.1, 0.15) is 32.6 Å². The summed E-state index contributed by atoms with van der Waals surface area (Å²) in [6.07, 6.45) is 7.42. The summed E-state index contributed by atoms with van der Waals surface area (Å²) in [5, 5.41) is 11.9. The Bertz CT molecular complexity index is 517. The third-order valence-electron chi connectivity index (χ3n) is 4.10. The molecule has 1 aromatic heterocycles. The van der Waals surface area contributed by atoms with E-state index in [1.165, 1.54) is 36.8 Å². The summed E-state index contributed by atoms with van der Waals surface area (Å²) >= 11 is 0. The number of aromatic nitrogens is 2. The average Bonchev–Trinajstić information content (AvgIpc) is 2.85. The summed E-state index contributed by atoms with van der Waals surface area (Å²) in [6, 6.07) is 6.31. The Labute approximate surface area is 108 Å². The van der Waals surface area contributed by atoms with Gasteiger partial charge in [-0.1, -0.05) is 31.9 Å². The van der Waals surface area contributed by atoms with Crippen molar-refractivity contribution >= 4 is 16.6 Å². The lowest BCUT2D eigenvalue weighted by Gasteiger charge is -2.27. The SMILES string of the molecule is CC1CCCC(CNc2cccc3cn[nH]c23)C1. The highest BCUT2D eigenvalue weighted by atomic mass is 15.1. The molecule has 1 aliphatic rings. The zero-order chi connectivity index (χ0) is 12.4. The maximum Gasteiger partial charge on any atom is 0.0881 e. The van der Waals surface area contributed by atoms with Crippen molar-refractivity contribution in [2.45, 2.75) is 32.6 Å². The summed E-state index contributed by atoms with van der Waals surface area (Å²) in [5.41, 5.74) is 2.31. The fourth-order valence-electron chi connectivity index (χ4n) is 3.12. The standard InChI is InChI=1S/C15H21N3/c1-11-4-2-5-12(8-11)9-16-14-7-3-6-13-10-17-18-15(13)14/h3,6-7,10-12,16H,2,4-5,8-9H2,1H3,(H,17,18). The fraction of sp³-hybridized carbons (Fsp3) is 0.533. The molecule has 0 saturated heterocycles. The van der Waals surface area contributed by atoms with Crippen molar-refractivity contribution in [3.63, 3.8) is 0 Å². The largest absolute Gasteiger partial charge is 0.383 e. The van der Waals surface area contributed by atoms with E-state index >= 15 is 0 Å². The Morgan fingerprint density at radius 3 is 3.22 bits per heavy atom. The third-order valence-corrected chi connectivity index (χ3v) is 4.10. The van der Waals surface area contributed by atoms with Crippen molar-refractivity contribution in [1.82, 2.24) is 10.2 Å². The number of para-hydroxylation sites is 1. The van der Waals surface area contributed by atoms with Crippen LogP contribution in [0.3, 0.4) is 0 Å². The predicted molar refractivity (Wildman–Crippen MR) is 75.7 cm³/mol. The van der Waals surface area contributed by atoms with Crippen LogP contribution in [0.4, 0.5) is 5.69 Å². The van der Waals surface area contributed by atoms with Gasteiger partial charge in [0.2, 0.25) is 0 Å². The second-order valence-electron chi connectivity index (χ2n) is 5.66. The van der Waals surface area contributed by atoms with Crippen molar-refractivity contribution in [1.29, 1.82) is 0 Å². The third kappa shape index (κ3) is 2.35. The van der Waals surface area contributed by atoms with Crippen molar-refractivity contribution in [2.24, 2.45) is 11.8 Å². The van der Waals surface area contributed by atoms with Crippen LogP contribution in [0.2, 0.25) is 0 Å². The summed E-state index contributed by atoms with van der Waals surface area (Å²) in [5.74, 6) is 1.72. The first kappa shape index (κ1) is 11.6. The molecule has 0 radical (unpaired) electrons. The topological polar surface area (TPSA) is 40.7 Å². The first-order chi connectivity index (χ1) is 8.83. The minimum absolute atomic E-state index is 0.826. The van der Waals surface area contributed by atoms with E-state index in [2.05, 4.69) is 40.6 Å². The Hall–Kier alpha value is -1.51. The van der Waals surface area contributed by atoms with Crippen LogP contribution in [0, 0.1) is 11.8 Å². The molecule has 3 rings (SSSR count). The van der Waals surface area contributed by atoms with Crippen LogP contribution in [-0.4, -0.2) is 16.7 Å². The monoisotopic (exact) mass is 243 g/mol. The van der Waals surface area contributed by atoms with Crippen molar-refractivity contribution < 1.29 is 0 Å². The first-order valence-electron chi connectivity index (χ1n) is 6.99. The highest BCUT2D eigenvalue weighted by Crippen LogP contribution is 2.29. The first-order valence-corrected chi connectivity index (χ1v) is 6.99. The molecule has 2 atom stereocenters. The van der Waals surface area contributed by atoms with E-state index in [0.717, 1.165) is 23.9 Å². The minimum atomic E-state index is 0.826. The van der Waals surface area contributed by atoms with Gasteiger partial charge in [-0.2, -0.15) is 5.10 Å². The normalized spacial score (nSPS) is 24.3. The predicted octanol–water partition coefficient (Wildman–Crippen LogP) is 3.80. The summed E-state index contributed by atoms with van der Waals surface area (Å²) < 4.78 is 0. The molecule has 1 saturated carbocycles. The number of anilines is 1. The molecule has 0 aliphatic heterocycles. The van der Waals surface area contributed by atoms with Gasteiger partial charge < -0.3 is 5.32 Å². The number of hydrogen-bond acceptors (Lipinski definition) is 2. The van der Waals surface area contributed by atoms with Gasteiger partial charge in [-0.3, -0.25) is 5.10 Å². The fourth-order valence-corrected chi connectivity index (χ4v) is 3.12. The number of fused-ring (bicyclic) bond motifs is 1. The van der Waals surface area contributed by atoms with Gasteiger partial charge in [0.25, 0.3) is 0 Å². The molecule has 2 aromatic rings. The molecule has 18 heavy (non-hydrogen) atoms. The Morgan fingerprint density at radius 2 is 2.33 bits per heavy atom. The zero-order valence-corrected chi connectivity index (χ0v) is 10.9. The lowest BCUT2D eigenvalue weighted by atomic mass is 9.82. The van der Waals surface area contributed by atoms with Crippen molar-refractivity contribution in [2.75, 3.05) is 11.9 Å². The molecule has 0 bridgehead atoms. The maximum absolute atomic E-state index is 4.10. The van der Waals surface area contributed by atoms with Crippen LogP contribution < -0.4 is 5.32 Å². The number of aromatic amines is 1. The number of hydrogen-bond donors (Lipinski definition) is 2. The lowest BCUT2D eigenvalue weighted by molar-refractivity contribution is 0.293. The average molecular weight is 243 g/mol. The Kier molecular flexibility index (Phi) is 3.22. The molecular weight excluding hydrogens is 222 g/mol. The van der Waals surface area contributed by atoms with E-state index in [-0.39, 0.29) is 0 Å². The van der Waals surface area contributed by atoms with Crippen LogP contribution in [0.15, 0.2) is 24.4 Å². The molecule has 1 aromatic carbocycles. The van der Waals surface area contributed by atoms with E-state index in [4.69, 9.17) is 0 Å². The van der Waals surface area contributed by atoms with Crippen LogP contribution in [-0.2, 0) is 0 Å². The summed E-state index contributed by atoms with van der Waals surface area (Å²) in [7, 11) is 0. The minimum Gasteiger partial charge on any atom is -0.383 e. The van der Waals surface area contributed by atoms with Gasteiger partial charge in [0.15, 0.2) is 0 Å². The van der Waals surface area contributed by atoms with Gasteiger partial charge in [0.05, 0.1) is 17.4 Å². The van der Waals surface area contributed by atoms with E-state index in [1.54, 1.807) is 0 Å². The zero-order valence-electron chi connectivity index (χ0n) is 10.9. The molecule has 1 aliphatic carbocycles. The van der Waals surface area contributed by atoms with Gasteiger partial charge in [-0.25, -0.2) is 0 Å². The molecule has 96 valence electrons. The molecular formula is C15H21N3. The quantitative estimate of drug-likeness (QED) is 0.860. The Balaban J connectivity index is 1.67. The lowest BCUT2D eigenvalue weighted by Crippen LogP contribution is -2.21. The smallest absolute Gasteiger partial charge is 0.0881 e. The van der Waals surface area contributed by atoms with Gasteiger partial charge in [0.1, 0.15) is 0 Å². The number of H-pyrrole nitrogens is 1. The molecule has 3 heteroatoms. The van der Waals surface area contributed by atoms with Crippen LogP contribution in [0.25, 0.3) is 10.9 Å². The molecule has 0 spiro atoms. The number of nitrogens with one attached hydrogen (secondary N) is 2. The van der Waals surface area contributed by atoms with Gasteiger partial charge in [0, 0.05) is 11.9 Å². The van der Waals surface area contributed by atoms with Gasteiger partial charge in [-0.05, 0) is 30.7 Å². The summed E-state index contributed by atoms with van der Waals surface area (Å²) in [4.78, 5) is 0. The number of benzene rings is 1. The molecule has 1 heterocycles. The van der Waals surface area contributed by atoms with E-state index in [0.29, 0.717) is 0 Å². The Morgan fingerprint density at radius 1 is 1.39 bits per heavy atom. The van der Waals surface area contributed by atoms with E-state index in [1.807, 2.05) is 6.20 Å². The number of nitrogens with zero attached hydrogens (tertiary/aromatic N) is 1. The van der Waals surface area contributed by atoms with Gasteiger partial charge in [-0.15, -0.1) is 0 Å². The maximum atomic E-state index is 4.10. The second-order valence-corrected chi connectivity index (χ2v) is 5.66. The van der Waals surface area contributed by atoms with Crippen LogP contribution >= 0.6 is 0 Å². The van der Waals surface area contributed by atoms with E-state index in [9.17, 15) is 0 Å². The highest BCUT2D eigenvalue weighted by Gasteiger charge is 2.18. The molecule has 2 unspecified atom stereocenters. The van der Waals surface area contributed by atoms with Crippen molar-refractivity contribution in [3.8, 4) is 0 Å². The van der Waals surface area contributed by atoms with Gasteiger partial charge >= 0.3 is 0 Å². The molecule has 2 N–H and O–H groups in total. The van der Waals surface area contributed by atoms with Crippen LogP contribution in [0.5, 0.6) is 0 Å². The highest BCUT2D eigenvalue weighted by molar-refractivity contribution is 5.89. The van der Waals surface area contributed by atoms with E-state index < -0.39 is 0 Å². The number of rotatable bonds is 3. The molecule has 3 nitrogen and oxygen atoms in total.